The van der Waals surface area contributed by atoms with Crippen LogP contribution in [0.2, 0.25) is 0 Å². The van der Waals surface area contributed by atoms with Crippen LogP contribution in [0.15, 0.2) is 33.1 Å². The van der Waals surface area contributed by atoms with E-state index in [1.165, 1.54) is 0 Å². The summed E-state index contributed by atoms with van der Waals surface area (Å²) >= 11 is 0. The molecule has 3 rings (SSSR count). The lowest BCUT2D eigenvalue weighted by Crippen LogP contribution is -2.23. The molecule has 0 bridgehead atoms. The van der Waals surface area contributed by atoms with E-state index < -0.39 is 19.1 Å². The summed E-state index contributed by atoms with van der Waals surface area (Å²) in [5.41, 5.74) is 0.114. The van der Waals surface area contributed by atoms with Crippen LogP contribution < -0.4 is 5.32 Å². The maximum Gasteiger partial charge on any atom is 0.404 e. The van der Waals surface area contributed by atoms with E-state index in [1.54, 1.807) is 0 Å². The monoisotopic (exact) mass is 229 g/mol. The number of amides is 1. The number of allylic oxidation sites excluding steroid dienone is 3. The molecule has 0 aromatic carbocycles. The van der Waals surface area contributed by atoms with E-state index in [-0.39, 0.29) is 23.2 Å². The lowest BCUT2D eigenvalue weighted by atomic mass is 10.1. The maximum absolute atomic E-state index is 13.5. The van der Waals surface area contributed by atoms with Gasteiger partial charge in [0, 0.05) is 17.4 Å². The summed E-state index contributed by atoms with van der Waals surface area (Å²) in [7, 11) is -2.82. The summed E-state index contributed by atoms with van der Waals surface area (Å²) in [6, 6.07) is 0. The van der Waals surface area contributed by atoms with Crippen LogP contribution in [0.5, 0.6) is 0 Å². The number of carboxylic acid groups (broad SMARTS) is 1. The van der Waals surface area contributed by atoms with Gasteiger partial charge >= 0.3 is 6.09 Å². The third kappa shape index (κ3) is 0.720. The number of nitrogens with one attached hydrogen (secondary N) is 1. The van der Waals surface area contributed by atoms with Crippen molar-refractivity contribution in [3.05, 3.63) is 33.1 Å². The second-order valence-electron chi connectivity index (χ2n) is 3.45. The van der Waals surface area contributed by atoms with E-state index in [4.69, 9.17) is 5.11 Å². The standard InChI is InChI=1S/C8H5FNO4P/c9-3-2(1-10-8(12)13)5-7-4(11)6(3)15(5,7)14/h10-11H,1H2,(H,12,13). The van der Waals surface area contributed by atoms with Crippen molar-refractivity contribution in [2.75, 3.05) is 6.54 Å². The van der Waals surface area contributed by atoms with E-state index in [0.717, 1.165) is 0 Å². The Morgan fingerprint density at radius 2 is 2.07 bits per heavy atom. The summed E-state index contributed by atoms with van der Waals surface area (Å²) in [6.45, 7) is -0.208. The van der Waals surface area contributed by atoms with Crippen molar-refractivity contribution in [2.24, 2.45) is 0 Å². The highest BCUT2D eigenvalue weighted by Crippen LogP contribution is 2.96. The molecule has 3 heterocycles. The molecule has 1 amide bonds. The molecule has 0 saturated heterocycles. The fourth-order valence-corrected chi connectivity index (χ4v) is 5.11. The van der Waals surface area contributed by atoms with Gasteiger partial charge in [0.15, 0.2) is 7.14 Å². The zero-order chi connectivity index (χ0) is 11.0. The number of hydrogen-bond acceptors (Lipinski definition) is 3. The van der Waals surface area contributed by atoms with Crippen LogP contribution in [0.25, 0.3) is 0 Å². The van der Waals surface area contributed by atoms with Gasteiger partial charge in [-0.05, 0) is 0 Å². The maximum atomic E-state index is 13.5. The van der Waals surface area contributed by atoms with Crippen molar-refractivity contribution in [3.63, 3.8) is 0 Å². The molecule has 3 N–H and O–H groups in total. The minimum absolute atomic E-state index is 0.114. The molecular weight excluding hydrogens is 224 g/mol. The highest BCUT2D eigenvalue weighted by atomic mass is 31.2. The summed E-state index contributed by atoms with van der Waals surface area (Å²) in [6.07, 6.45) is -1.27. The van der Waals surface area contributed by atoms with Crippen LogP contribution in [-0.4, -0.2) is 22.9 Å². The molecule has 15 heavy (non-hydrogen) atoms. The first kappa shape index (κ1) is 8.73. The van der Waals surface area contributed by atoms with E-state index in [2.05, 4.69) is 0 Å². The lowest BCUT2D eigenvalue weighted by Gasteiger charge is -2.14. The summed E-state index contributed by atoms with van der Waals surface area (Å²) in [5.74, 6) is -0.945. The van der Waals surface area contributed by atoms with Crippen molar-refractivity contribution >= 4 is 13.2 Å². The van der Waals surface area contributed by atoms with Gasteiger partial charge in [-0.1, -0.05) is 0 Å². The first-order chi connectivity index (χ1) is 6.99. The second kappa shape index (κ2) is 2.17. The molecular formula is C8H5FNO4P. The Morgan fingerprint density at radius 3 is 2.53 bits per heavy atom. The molecule has 0 spiro atoms. The van der Waals surface area contributed by atoms with Crippen LogP contribution in [0.1, 0.15) is 0 Å². The molecule has 7 heteroatoms. The minimum atomic E-state index is -2.82. The second-order valence-corrected chi connectivity index (χ2v) is 6.02. The molecule has 0 radical (unpaired) electrons. The molecule has 5 nitrogen and oxygen atoms in total. The smallest absolute Gasteiger partial charge is 0.404 e. The Bertz CT molecular complexity index is 571. The normalized spacial score (nSPS) is 30.5. The van der Waals surface area contributed by atoms with E-state index in [9.17, 15) is 18.9 Å². The van der Waals surface area contributed by atoms with Crippen LogP contribution in [-0.2, 0) is 4.57 Å². The van der Waals surface area contributed by atoms with E-state index >= 15 is 0 Å². The largest absolute Gasteiger partial charge is 0.506 e. The van der Waals surface area contributed by atoms with Crippen LogP contribution in [0, 0.1) is 0 Å². The van der Waals surface area contributed by atoms with Crippen molar-refractivity contribution in [2.45, 2.75) is 0 Å². The van der Waals surface area contributed by atoms with Gasteiger partial charge in [-0.25, -0.2) is 9.18 Å². The Hall–Kier alpha value is -1.55. The first-order valence-corrected chi connectivity index (χ1v) is 5.86. The van der Waals surface area contributed by atoms with Gasteiger partial charge in [0.05, 0.1) is 10.6 Å². The van der Waals surface area contributed by atoms with Gasteiger partial charge < -0.3 is 20.1 Å². The van der Waals surface area contributed by atoms with Gasteiger partial charge in [0.2, 0.25) is 0 Å². The average molecular weight is 229 g/mol. The Balaban J connectivity index is 1.95. The van der Waals surface area contributed by atoms with Gasteiger partial charge in [-0.15, -0.1) is 0 Å². The molecule has 1 atom stereocenters. The van der Waals surface area contributed by atoms with Crippen LogP contribution in [0.3, 0.4) is 0 Å². The molecule has 0 saturated carbocycles. The SMILES string of the molecule is O=C(O)NCC1=C(F)C2=C(O)C3=C1P23=O. The third-order valence-electron chi connectivity index (χ3n) is 2.74. The van der Waals surface area contributed by atoms with Gasteiger partial charge in [-0.2, -0.15) is 0 Å². The van der Waals surface area contributed by atoms with Crippen molar-refractivity contribution < 1.29 is 24.0 Å². The Labute approximate surface area is 83.0 Å². The highest BCUT2D eigenvalue weighted by Gasteiger charge is 2.70. The highest BCUT2D eigenvalue weighted by molar-refractivity contribution is 7.86. The predicted molar refractivity (Wildman–Crippen MR) is 48.4 cm³/mol. The Morgan fingerprint density at radius 1 is 1.40 bits per heavy atom. The number of aliphatic hydroxyl groups is 1. The minimum Gasteiger partial charge on any atom is -0.506 e. The number of aliphatic hydroxyl groups excluding tert-OH is 1. The lowest BCUT2D eigenvalue weighted by molar-refractivity contribution is 0.195. The van der Waals surface area contributed by atoms with E-state index in [0.29, 0.717) is 10.6 Å². The van der Waals surface area contributed by atoms with E-state index in [1.807, 2.05) is 5.32 Å². The zero-order valence-electron chi connectivity index (χ0n) is 7.24. The summed E-state index contributed by atoms with van der Waals surface area (Å²) in [4.78, 5) is 10.2. The number of carbonyl (C=O) groups is 1. The van der Waals surface area contributed by atoms with Gasteiger partial charge in [0.25, 0.3) is 0 Å². The molecule has 3 aliphatic rings. The zero-order valence-corrected chi connectivity index (χ0v) is 8.14. The number of hydrogen-bond donors (Lipinski definition) is 3. The molecule has 0 fully saturated rings. The molecule has 0 aromatic rings. The number of rotatable bonds is 2. The fourth-order valence-electron chi connectivity index (χ4n) is 2.07. The third-order valence-corrected chi connectivity index (χ3v) is 5.75. The Kier molecular flexibility index (Phi) is 1.26. The molecule has 0 aliphatic carbocycles. The predicted octanol–water partition coefficient (Wildman–Crippen LogP) is 1.86. The first-order valence-electron chi connectivity index (χ1n) is 4.15. The quantitative estimate of drug-likeness (QED) is 0.630. The molecule has 1 unspecified atom stereocenters. The number of halogens is 1. The average Bonchev–Trinajstić information content (AvgIpc) is 2.59. The fraction of sp³-hybridized carbons (Fsp3) is 0.125. The molecule has 78 valence electrons. The van der Waals surface area contributed by atoms with Crippen molar-refractivity contribution in [1.29, 1.82) is 0 Å². The molecule has 3 aliphatic heterocycles. The van der Waals surface area contributed by atoms with Crippen LogP contribution >= 0.6 is 7.14 Å². The summed E-state index contributed by atoms with van der Waals surface area (Å²) in [5, 5.41) is 20.1. The summed E-state index contributed by atoms with van der Waals surface area (Å²) < 4.78 is 25.3. The van der Waals surface area contributed by atoms with Crippen molar-refractivity contribution in [3.8, 4) is 0 Å². The topological polar surface area (TPSA) is 86.6 Å². The van der Waals surface area contributed by atoms with Gasteiger partial charge in [0.1, 0.15) is 11.6 Å². The van der Waals surface area contributed by atoms with Gasteiger partial charge in [-0.3, -0.25) is 0 Å². The molecule has 0 aromatic heterocycles. The van der Waals surface area contributed by atoms with Crippen LogP contribution in [0.4, 0.5) is 9.18 Å². The van der Waals surface area contributed by atoms with Crippen molar-refractivity contribution in [1.82, 2.24) is 5.32 Å².